The van der Waals surface area contributed by atoms with Gasteiger partial charge >= 0.3 is 0 Å². The molecule has 6 heteroatoms. The quantitative estimate of drug-likeness (QED) is 0.591. The molecule has 0 spiro atoms. The van der Waals surface area contributed by atoms with Gasteiger partial charge in [-0.2, -0.15) is 0 Å². The lowest BCUT2D eigenvalue weighted by Crippen LogP contribution is -2.15. The summed E-state index contributed by atoms with van der Waals surface area (Å²) in [5.41, 5.74) is 7.25. The minimum absolute atomic E-state index is 0.256. The molecule has 0 aliphatic carbocycles. The van der Waals surface area contributed by atoms with Gasteiger partial charge in [-0.25, -0.2) is 0 Å². The summed E-state index contributed by atoms with van der Waals surface area (Å²) < 4.78 is 1.00. The van der Waals surface area contributed by atoms with Crippen molar-refractivity contribution in [3.05, 3.63) is 62.2 Å². The highest BCUT2D eigenvalue weighted by molar-refractivity contribution is 14.1. The molecule has 2 rings (SSSR count). The largest absolute Gasteiger partial charge is 0.389 e. The zero-order valence-corrected chi connectivity index (χ0v) is 13.9. The molecule has 0 radical (unpaired) electrons. The first-order valence-electron chi connectivity index (χ1n) is 5.63. The second kappa shape index (κ2) is 6.51. The van der Waals surface area contributed by atoms with Crippen LogP contribution in [-0.2, 0) is 0 Å². The minimum atomic E-state index is -0.258. The molecule has 0 atom stereocenters. The first kappa shape index (κ1) is 15.2. The average molecular weight is 417 g/mol. The summed E-state index contributed by atoms with van der Waals surface area (Å²) in [4.78, 5) is 12.4. The first-order valence-corrected chi connectivity index (χ1v) is 7.50. The van der Waals surface area contributed by atoms with Gasteiger partial charge in [0.1, 0.15) is 4.99 Å². The number of amides is 1. The number of hydrogen-bond donors (Lipinski definition) is 2. The Kier molecular flexibility index (Phi) is 4.95. The van der Waals surface area contributed by atoms with Crippen LogP contribution in [0.5, 0.6) is 0 Å². The van der Waals surface area contributed by atoms with E-state index in [1.165, 1.54) is 0 Å². The standard InChI is InChI=1S/C14H10ClIN2OS/c15-11-7-10(16)4-5-12(11)18-14(19)9-3-1-2-8(6-9)13(17)20/h1-7H,(H2,17,20)(H,18,19). The van der Waals surface area contributed by atoms with Crippen molar-refractivity contribution in [2.75, 3.05) is 5.32 Å². The van der Waals surface area contributed by atoms with Gasteiger partial charge in [-0.05, 0) is 52.9 Å². The molecule has 102 valence electrons. The highest BCUT2D eigenvalue weighted by atomic mass is 127. The van der Waals surface area contributed by atoms with Gasteiger partial charge in [0.2, 0.25) is 0 Å². The summed E-state index contributed by atoms with van der Waals surface area (Å²) in [6.45, 7) is 0. The highest BCUT2D eigenvalue weighted by Crippen LogP contribution is 2.24. The van der Waals surface area contributed by atoms with Crippen molar-refractivity contribution in [1.82, 2.24) is 0 Å². The molecule has 0 fully saturated rings. The maximum absolute atomic E-state index is 12.2. The average Bonchev–Trinajstić information content (AvgIpc) is 2.42. The van der Waals surface area contributed by atoms with Crippen LogP contribution >= 0.6 is 46.4 Å². The molecular weight excluding hydrogens is 407 g/mol. The van der Waals surface area contributed by atoms with Crippen LogP contribution in [0.25, 0.3) is 0 Å². The number of rotatable bonds is 3. The minimum Gasteiger partial charge on any atom is -0.389 e. The molecule has 2 aromatic rings. The van der Waals surface area contributed by atoms with Gasteiger partial charge in [0.15, 0.2) is 0 Å². The molecule has 0 aliphatic rings. The molecule has 2 aromatic carbocycles. The third-order valence-corrected chi connectivity index (χ3v) is 3.81. The normalized spacial score (nSPS) is 10.1. The van der Waals surface area contributed by atoms with Crippen molar-refractivity contribution >= 4 is 63.0 Å². The molecule has 3 N–H and O–H groups in total. The maximum Gasteiger partial charge on any atom is 0.255 e. The van der Waals surface area contributed by atoms with Gasteiger partial charge in [0, 0.05) is 14.7 Å². The summed E-state index contributed by atoms with van der Waals surface area (Å²) in [7, 11) is 0. The Morgan fingerprint density at radius 3 is 2.55 bits per heavy atom. The Hall–Kier alpha value is -1.18. The van der Waals surface area contributed by atoms with E-state index in [0.29, 0.717) is 21.8 Å². The summed E-state index contributed by atoms with van der Waals surface area (Å²) in [5.74, 6) is -0.258. The predicted molar refractivity (Wildman–Crippen MR) is 94.5 cm³/mol. The Labute approximate surface area is 140 Å². The molecular formula is C14H10ClIN2OS. The fourth-order valence-electron chi connectivity index (χ4n) is 1.60. The number of nitrogens with one attached hydrogen (secondary N) is 1. The fourth-order valence-corrected chi connectivity index (χ4v) is 2.63. The Morgan fingerprint density at radius 1 is 1.20 bits per heavy atom. The van der Waals surface area contributed by atoms with Gasteiger partial charge in [0.05, 0.1) is 10.7 Å². The molecule has 1 amide bonds. The van der Waals surface area contributed by atoms with Crippen LogP contribution in [-0.4, -0.2) is 10.9 Å². The second-order valence-electron chi connectivity index (χ2n) is 4.02. The number of carbonyl (C=O) groups is 1. The molecule has 0 bridgehead atoms. The highest BCUT2D eigenvalue weighted by Gasteiger charge is 2.10. The molecule has 0 aromatic heterocycles. The van der Waals surface area contributed by atoms with E-state index in [4.69, 9.17) is 29.6 Å². The van der Waals surface area contributed by atoms with E-state index in [0.717, 1.165) is 3.57 Å². The molecule has 0 aliphatic heterocycles. The van der Waals surface area contributed by atoms with Crippen LogP contribution in [0.3, 0.4) is 0 Å². The van der Waals surface area contributed by atoms with Crippen LogP contribution < -0.4 is 11.1 Å². The topological polar surface area (TPSA) is 55.1 Å². The van der Waals surface area contributed by atoms with E-state index in [9.17, 15) is 4.79 Å². The van der Waals surface area contributed by atoms with Gasteiger partial charge in [-0.1, -0.05) is 36.0 Å². The van der Waals surface area contributed by atoms with E-state index in [2.05, 4.69) is 27.9 Å². The number of nitrogens with two attached hydrogens (primary N) is 1. The van der Waals surface area contributed by atoms with Gasteiger partial charge < -0.3 is 11.1 Å². The van der Waals surface area contributed by atoms with Crippen LogP contribution in [0, 0.1) is 3.57 Å². The molecule has 3 nitrogen and oxygen atoms in total. The van der Waals surface area contributed by atoms with E-state index in [1.54, 1.807) is 36.4 Å². The van der Waals surface area contributed by atoms with Crippen molar-refractivity contribution < 1.29 is 4.79 Å². The molecule has 0 unspecified atom stereocenters. The number of hydrogen-bond acceptors (Lipinski definition) is 2. The number of halogens is 2. The second-order valence-corrected chi connectivity index (χ2v) is 6.12. The third-order valence-electron chi connectivity index (χ3n) is 2.59. The van der Waals surface area contributed by atoms with Crippen LogP contribution in [0.4, 0.5) is 5.69 Å². The Bertz CT molecular complexity index is 691. The number of anilines is 1. The SMILES string of the molecule is NC(=S)c1cccc(C(=O)Nc2ccc(I)cc2Cl)c1. The summed E-state index contributed by atoms with van der Waals surface area (Å²) >= 11 is 13.1. The van der Waals surface area contributed by atoms with E-state index in [1.807, 2.05) is 6.07 Å². The van der Waals surface area contributed by atoms with Crippen molar-refractivity contribution in [2.24, 2.45) is 5.73 Å². The number of benzene rings is 2. The molecule has 0 saturated carbocycles. The zero-order valence-electron chi connectivity index (χ0n) is 10.2. The van der Waals surface area contributed by atoms with Crippen molar-refractivity contribution in [3.8, 4) is 0 Å². The summed E-state index contributed by atoms with van der Waals surface area (Å²) in [6.07, 6.45) is 0. The third kappa shape index (κ3) is 3.68. The maximum atomic E-state index is 12.2. The molecule has 0 saturated heterocycles. The molecule has 0 heterocycles. The lowest BCUT2D eigenvalue weighted by molar-refractivity contribution is 0.102. The van der Waals surface area contributed by atoms with Gasteiger partial charge in [0.25, 0.3) is 5.91 Å². The summed E-state index contributed by atoms with van der Waals surface area (Å²) in [5, 5.41) is 3.26. The smallest absolute Gasteiger partial charge is 0.255 e. The van der Waals surface area contributed by atoms with Gasteiger partial charge in [-0.15, -0.1) is 0 Å². The van der Waals surface area contributed by atoms with Gasteiger partial charge in [-0.3, -0.25) is 4.79 Å². The van der Waals surface area contributed by atoms with E-state index in [-0.39, 0.29) is 10.9 Å². The van der Waals surface area contributed by atoms with Crippen molar-refractivity contribution in [2.45, 2.75) is 0 Å². The van der Waals surface area contributed by atoms with E-state index >= 15 is 0 Å². The number of carbonyl (C=O) groups excluding carboxylic acids is 1. The van der Waals surface area contributed by atoms with Crippen LogP contribution in [0.15, 0.2) is 42.5 Å². The first-order chi connectivity index (χ1) is 9.47. The zero-order chi connectivity index (χ0) is 14.7. The lowest BCUT2D eigenvalue weighted by atomic mass is 10.1. The predicted octanol–water partition coefficient (Wildman–Crippen LogP) is 3.83. The fraction of sp³-hybridized carbons (Fsp3) is 0. The Balaban J connectivity index is 2.24. The van der Waals surface area contributed by atoms with Crippen molar-refractivity contribution in [3.63, 3.8) is 0 Å². The Morgan fingerprint density at radius 2 is 1.90 bits per heavy atom. The number of thiocarbonyl (C=S) groups is 1. The van der Waals surface area contributed by atoms with Crippen LogP contribution in [0.2, 0.25) is 5.02 Å². The van der Waals surface area contributed by atoms with E-state index < -0.39 is 0 Å². The monoisotopic (exact) mass is 416 g/mol. The summed E-state index contributed by atoms with van der Waals surface area (Å²) in [6, 6.07) is 12.3. The van der Waals surface area contributed by atoms with Crippen molar-refractivity contribution in [1.29, 1.82) is 0 Å². The molecule has 20 heavy (non-hydrogen) atoms. The van der Waals surface area contributed by atoms with Crippen LogP contribution in [0.1, 0.15) is 15.9 Å². The lowest BCUT2D eigenvalue weighted by Gasteiger charge is -2.08.